The Morgan fingerprint density at radius 3 is 2.35 bits per heavy atom. The van der Waals surface area contributed by atoms with E-state index >= 15 is 0 Å². The summed E-state index contributed by atoms with van der Waals surface area (Å²) in [6.07, 6.45) is 0. The summed E-state index contributed by atoms with van der Waals surface area (Å²) in [5, 5.41) is 0.719. The lowest BCUT2D eigenvalue weighted by molar-refractivity contribution is 0.280. The third-order valence-electron chi connectivity index (χ3n) is 4.73. The number of halogens is 1. The molecule has 0 aromatic heterocycles. The quantitative estimate of drug-likeness (QED) is 0.485. The van der Waals surface area contributed by atoms with Crippen LogP contribution in [0.4, 0.5) is 0 Å². The molecule has 0 amide bonds. The second-order valence-electron chi connectivity index (χ2n) is 6.38. The molecule has 5 heteroatoms. The molecule has 0 N–H and O–H groups in total. The largest absolute Gasteiger partial charge is 0.429 e. The molecule has 0 fully saturated rings. The van der Waals surface area contributed by atoms with E-state index in [1.54, 1.807) is 0 Å². The Morgan fingerprint density at radius 1 is 1.00 bits per heavy atom. The lowest BCUT2D eigenvalue weighted by Gasteiger charge is -2.40. The molecule has 1 heterocycles. The number of hydrogen-bond donors (Lipinski definition) is 0. The van der Waals surface area contributed by atoms with Crippen molar-refractivity contribution in [2.45, 2.75) is 19.5 Å². The fraction of sp³-hybridized carbons (Fsp3) is 0.143. The number of rotatable bonds is 3. The number of nitrogens with zero attached hydrogens (tertiary/aromatic N) is 1. The summed E-state index contributed by atoms with van der Waals surface area (Å²) in [5.41, 5.74) is 2.15. The highest BCUT2D eigenvalue weighted by Crippen LogP contribution is 2.58. The van der Waals surface area contributed by atoms with E-state index in [4.69, 9.17) is 4.52 Å². The maximum absolute atomic E-state index is 14.1. The zero-order valence-corrected chi connectivity index (χ0v) is 16.9. The lowest BCUT2D eigenvalue weighted by Crippen LogP contribution is -2.34. The smallest absolute Gasteiger partial charge is 0.350 e. The summed E-state index contributed by atoms with van der Waals surface area (Å²) in [7, 11) is -3.23. The van der Waals surface area contributed by atoms with Gasteiger partial charge in [-0.25, -0.2) is 4.67 Å². The summed E-state index contributed by atoms with van der Waals surface area (Å²) in [6.45, 7) is 2.65. The average Bonchev–Trinajstić information content (AvgIpc) is 2.68. The summed E-state index contributed by atoms with van der Waals surface area (Å²) >= 11 is 3.52. The zero-order valence-electron chi connectivity index (χ0n) is 14.4. The van der Waals surface area contributed by atoms with Crippen LogP contribution in [0.5, 0.6) is 5.75 Å². The maximum Gasteiger partial charge on any atom is 0.350 e. The summed E-state index contributed by atoms with van der Waals surface area (Å²) < 4.78 is 23.3. The van der Waals surface area contributed by atoms with E-state index in [1.165, 1.54) is 0 Å². The van der Waals surface area contributed by atoms with E-state index in [-0.39, 0.29) is 6.04 Å². The van der Waals surface area contributed by atoms with Gasteiger partial charge in [0, 0.05) is 22.6 Å². The van der Waals surface area contributed by atoms with Crippen LogP contribution in [0.15, 0.2) is 83.3 Å². The molecule has 132 valence electrons. The standard InChI is InChI=1S/C21H19BrNO2P/c1-16(17-8-4-2-5-9-17)23-15-18-14-19(22)12-13-21(18)25-26(23,24)20-10-6-3-7-11-20/h2-14,16H,15H2,1H3. The van der Waals surface area contributed by atoms with Crippen LogP contribution >= 0.6 is 23.4 Å². The number of benzene rings is 3. The number of hydrogen-bond acceptors (Lipinski definition) is 2. The summed E-state index contributed by atoms with van der Waals surface area (Å²) in [5.74, 6) is 0.692. The van der Waals surface area contributed by atoms with Crippen LogP contribution in [0.1, 0.15) is 24.1 Å². The van der Waals surface area contributed by atoms with Gasteiger partial charge in [0.2, 0.25) is 0 Å². The third kappa shape index (κ3) is 3.14. The van der Waals surface area contributed by atoms with Gasteiger partial charge in [0.25, 0.3) is 0 Å². The van der Waals surface area contributed by atoms with Crippen LogP contribution in [0.2, 0.25) is 0 Å². The van der Waals surface area contributed by atoms with E-state index in [2.05, 4.69) is 35.0 Å². The van der Waals surface area contributed by atoms with Crippen LogP contribution < -0.4 is 9.83 Å². The van der Waals surface area contributed by atoms with Gasteiger partial charge in [-0.05, 0) is 42.8 Å². The zero-order chi connectivity index (χ0) is 18.1. The van der Waals surface area contributed by atoms with Crippen molar-refractivity contribution in [3.05, 3.63) is 94.5 Å². The van der Waals surface area contributed by atoms with Crippen LogP contribution in [0.3, 0.4) is 0 Å². The van der Waals surface area contributed by atoms with Gasteiger partial charge in [0.1, 0.15) is 5.75 Å². The lowest BCUT2D eigenvalue weighted by atomic mass is 10.1. The van der Waals surface area contributed by atoms with Gasteiger partial charge in [-0.3, -0.25) is 4.57 Å². The van der Waals surface area contributed by atoms with Crippen molar-refractivity contribution >= 4 is 28.8 Å². The molecule has 0 saturated carbocycles. The first-order valence-corrected chi connectivity index (χ1v) is 10.9. The fourth-order valence-electron chi connectivity index (χ4n) is 3.30. The Balaban J connectivity index is 1.84. The van der Waals surface area contributed by atoms with Crippen molar-refractivity contribution in [3.8, 4) is 5.75 Å². The SMILES string of the molecule is CC(c1ccccc1)N1Cc2cc(Br)ccc2OP1(=O)c1ccccc1. The normalized spacial score (nSPS) is 20.8. The molecule has 0 bridgehead atoms. The molecule has 2 unspecified atom stereocenters. The van der Waals surface area contributed by atoms with Crippen molar-refractivity contribution < 1.29 is 9.09 Å². The minimum atomic E-state index is -3.23. The average molecular weight is 428 g/mol. The molecule has 3 aromatic rings. The second kappa shape index (κ2) is 7.03. The highest BCUT2D eigenvalue weighted by molar-refractivity contribution is 9.10. The van der Waals surface area contributed by atoms with Gasteiger partial charge in [0.05, 0.1) is 5.30 Å². The molecule has 26 heavy (non-hydrogen) atoms. The molecular weight excluding hydrogens is 409 g/mol. The molecule has 3 aromatic carbocycles. The minimum absolute atomic E-state index is 0.0469. The molecule has 2 atom stereocenters. The molecule has 3 nitrogen and oxygen atoms in total. The molecule has 0 aliphatic carbocycles. The fourth-order valence-corrected chi connectivity index (χ4v) is 6.14. The van der Waals surface area contributed by atoms with Crippen molar-refractivity contribution in [3.63, 3.8) is 0 Å². The Bertz CT molecular complexity index is 962. The Morgan fingerprint density at radius 2 is 1.65 bits per heavy atom. The van der Waals surface area contributed by atoms with E-state index in [9.17, 15) is 4.57 Å². The van der Waals surface area contributed by atoms with Crippen LogP contribution in [0, 0.1) is 0 Å². The van der Waals surface area contributed by atoms with Crippen molar-refractivity contribution in [1.82, 2.24) is 4.67 Å². The van der Waals surface area contributed by atoms with Gasteiger partial charge in [-0.2, -0.15) is 0 Å². The first-order chi connectivity index (χ1) is 12.6. The minimum Gasteiger partial charge on any atom is -0.429 e. The van der Waals surface area contributed by atoms with Gasteiger partial charge in [0.15, 0.2) is 0 Å². The molecule has 0 radical (unpaired) electrons. The molecule has 0 saturated heterocycles. The van der Waals surface area contributed by atoms with Crippen molar-refractivity contribution in [2.75, 3.05) is 0 Å². The van der Waals surface area contributed by atoms with E-state index < -0.39 is 7.52 Å². The van der Waals surface area contributed by atoms with Crippen molar-refractivity contribution in [2.24, 2.45) is 0 Å². The Kier molecular flexibility index (Phi) is 4.74. The Labute approximate surface area is 162 Å². The second-order valence-corrected chi connectivity index (χ2v) is 9.55. The first kappa shape index (κ1) is 17.5. The van der Waals surface area contributed by atoms with E-state index in [1.807, 2.05) is 71.4 Å². The van der Waals surface area contributed by atoms with Crippen LogP contribution in [-0.2, 0) is 11.1 Å². The van der Waals surface area contributed by atoms with E-state index in [0.717, 1.165) is 20.9 Å². The van der Waals surface area contributed by atoms with Gasteiger partial charge >= 0.3 is 7.52 Å². The number of fused-ring (bicyclic) bond motifs is 1. The van der Waals surface area contributed by atoms with Gasteiger partial charge in [-0.1, -0.05) is 64.5 Å². The Hall–Kier alpha value is -1.87. The highest BCUT2D eigenvalue weighted by Gasteiger charge is 2.42. The molecule has 1 aliphatic heterocycles. The molecular formula is C21H19BrNO2P. The predicted octanol–water partition coefficient (Wildman–Crippen LogP) is 5.92. The monoisotopic (exact) mass is 427 g/mol. The molecule has 0 spiro atoms. The van der Waals surface area contributed by atoms with Crippen molar-refractivity contribution in [1.29, 1.82) is 0 Å². The summed E-state index contributed by atoms with van der Waals surface area (Å²) in [4.78, 5) is 0. The van der Waals surface area contributed by atoms with Gasteiger partial charge < -0.3 is 4.52 Å². The summed E-state index contributed by atoms with van der Waals surface area (Å²) in [6, 6.07) is 25.4. The van der Waals surface area contributed by atoms with E-state index in [0.29, 0.717) is 12.3 Å². The topological polar surface area (TPSA) is 29.5 Å². The molecule has 1 aliphatic rings. The highest BCUT2D eigenvalue weighted by atomic mass is 79.9. The predicted molar refractivity (Wildman–Crippen MR) is 109 cm³/mol. The van der Waals surface area contributed by atoms with Crippen LogP contribution in [0.25, 0.3) is 0 Å². The maximum atomic E-state index is 14.1. The van der Waals surface area contributed by atoms with Gasteiger partial charge in [-0.15, -0.1) is 0 Å². The first-order valence-electron chi connectivity index (χ1n) is 8.54. The third-order valence-corrected chi connectivity index (χ3v) is 7.78. The molecule has 4 rings (SSSR count). The van der Waals surface area contributed by atoms with Crippen LogP contribution in [-0.4, -0.2) is 4.67 Å².